The molecule has 0 bridgehead atoms. The first-order valence-corrected chi connectivity index (χ1v) is 5.73. The summed E-state index contributed by atoms with van der Waals surface area (Å²) in [5.41, 5.74) is 1.28. The van der Waals surface area contributed by atoms with Crippen LogP contribution < -0.4 is 0 Å². The molecule has 0 radical (unpaired) electrons. The summed E-state index contributed by atoms with van der Waals surface area (Å²) in [5, 5.41) is 9.07. The van der Waals surface area contributed by atoms with Gasteiger partial charge in [-0.3, -0.25) is 9.69 Å². The summed E-state index contributed by atoms with van der Waals surface area (Å²) in [6.45, 7) is 1.84. The Morgan fingerprint density at radius 1 is 1.47 bits per heavy atom. The van der Waals surface area contributed by atoms with E-state index in [1.54, 1.807) is 0 Å². The summed E-state index contributed by atoms with van der Waals surface area (Å²) in [5.74, 6) is -0.353. The Kier molecular flexibility index (Phi) is 3.76. The fourth-order valence-electron chi connectivity index (χ4n) is 2.19. The maximum absolute atomic E-state index is 11.0. The summed E-state index contributed by atoms with van der Waals surface area (Å²) < 4.78 is 4.94. The lowest BCUT2D eigenvalue weighted by atomic mass is 9.90. The zero-order valence-corrected chi connectivity index (χ0v) is 9.87. The molecule has 92 valence electrons. The Labute approximate surface area is 101 Å². The lowest BCUT2D eigenvalue weighted by molar-refractivity contribution is -0.147. The fraction of sp³-hybridized carbons (Fsp3) is 0.462. The molecule has 1 N–H and O–H groups in total. The summed E-state index contributed by atoms with van der Waals surface area (Å²) in [6.07, 6.45) is 0. The standard InChI is InChI=1S/C13H17NO3/c1-17-9-12(13(15)16)14-7-11(8-14)10-5-3-2-4-6-10/h2-6,11-12H,7-9H2,1H3,(H,15,16). The number of carboxylic acids is 1. The Bertz CT molecular complexity index is 374. The van der Waals surface area contributed by atoms with E-state index in [0.717, 1.165) is 13.1 Å². The lowest BCUT2D eigenvalue weighted by Gasteiger charge is -2.42. The van der Waals surface area contributed by atoms with Gasteiger partial charge in [0, 0.05) is 26.1 Å². The van der Waals surface area contributed by atoms with Crippen LogP contribution in [0, 0.1) is 0 Å². The van der Waals surface area contributed by atoms with Crippen molar-refractivity contribution < 1.29 is 14.6 Å². The minimum absolute atomic E-state index is 0.247. The average molecular weight is 235 g/mol. The smallest absolute Gasteiger partial charge is 0.323 e. The van der Waals surface area contributed by atoms with E-state index < -0.39 is 12.0 Å². The third-order valence-corrected chi connectivity index (χ3v) is 3.23. The van der Waals surface area contributed by atoms with E-state index in [1.807, 2.05) is 23.1 Å². The third kappa shape index (κ3) is 2.65. The molecule has 1 aromatic carbocycles. The molecule has 17 heavy (non-hydrogen) atoms. The molecule has 1 aromatic rings. The lowest BCUT2D eigenvalue weighted by Crippen LogP contribution is -2.55. The van der Waals surface area contributed by atoms with Gasteiger partial charge in [0.15, 0.2) is 0 Å². The Morgan fingerprint density at radius 2 is 2.12 bits per heavy atom. The molecule has 1 unspecified atom stereocenters. The minimum Gasteiger partial charge on any atom is -0.480 e. The Balaban J connectivity index is 1.91. The number of benzene rings is 1. The van der Waals surface area contributed by atoms with Crippen LogP contribution in [0.2, 0.25) is 0 Å². The average Bonchev–Trinajstić information content (AvgIpc) is 2.27. The highest BCUT2D eigenvalue weighted by Crippen LogP contribution is 2.28. The van der Waals surface area contributed by atoms with E-state index >= 15 is 0 Å². The molecule has 0 aromatic heterocycles. The molecular formula is C13H17NO3. The molecule has 2 rings (SSSR count). The third-order valence-electron chi connectivity index (χ3n) is 3.23. The molecule has 1 saturated heterocycles. The molecule has 1 atom stereocenters. The molecule has 0 saturated carbocycles. The van der Waals surface area contributed by atoms with Crippen LogP contribution in [0.5, 0.6) is 0 Å². The number of ether oxygens (including phenoxy) is 1. The van der Waals surface area contributed by atoms with Gasteiger partial charge in [0.05, 0.1) is 6.61 Å². The highest BCUT2D eigenvalue weighted by molar-refractivity contribution is 5.73. The number of nitrogens with zero attached hydrogens (tertiary/aromatic N) is 1. The van der Waals surface area contributed by atoms with Gasteiger partial charge in [0.1, 0.15) is 6.04 Å². The minimum atomic E-state index is -0.807. The van der Waals surface area contributed by atoms with Crippen LogP contribution in [0.25, 0.3) is 0 Å². The zero-order chi connectivity index (χ0) is 12.3. The second kappa shape index (κ2) is 5.29. The van der Waals surface area contributed by atoms with Crippen LogP contribution in [-0.4, -0.2) is 48.8 Å². The highest BCUT2D eigenvalue weighted by atomic mass is 16.5. The van der Waals surface area contributed by atoms with E-state index in [0.29, 0.717) is 5.92 Å². The molecule has 1 aliphatic rings. The maximum Gasteiger partial charge on any atom is 0.323 e. The van der Waals surface area contributed by atoms with Crippen molar-refractivity contribution in [2.24, 2.45) is 0 Å². The van der Waals surface area contributed by atoms with Crippen molar-refractivity contribution in [3.63, 3.8) is 0 Å². The van der Waals surface area contributed by atoms with Crippen LogP contribution in [0.1, 0.15) is 11.5 Å². The van der Waals surface area contributed by atoms with Crippen molar-refractivity contribution in [2.45, 2.75) is 12.0 Å². The van der Waals surface area contributed by atoms with E-state index in [-0.39, 0.29) is 6.61 Å². The van der Waals surface area contributed by atoms with Crippen molar-refractivity contribution in [2.75, 3.05) is 26.8 Å². The molecule has 4 nitrogen and oxygen atoms in total. The SMILES string of the molecule is COCC(C(=O)O)N1CC(c2ccccc2)C1. The van der Waals surface area contributed by atoms with Crippen LogP contribution in [0.4, 0.5) is 0 Å². The summed E-state index contributed by atoms with van der Waals surface area (Å²) in [6, 6.07) is 9.69. The number of rotatable bonds is 5. The summed E-state index contributed by atoms with van der Waals surface area (Å²) >= 11 is 0. The first-order chi connectivity index (χ1) is 8.22. The highest BCUT2D eigenvalue weighted by Gasteiger charge is 2.36. The number of hydrogen-bond donors (Lipinski definition) is 1. The summed E-state index contributed by atoms with van der Waals surface area (Å²) in [4.78, 5) is 13.0. The van der Waals surface area contributed by atoms with Gasteiger partial charge in [0.25, 0.3) is 0 Å². The topological polar surface area (TPSA) is 49.8 Å². The van der Waals surface area contributed by atoms with Gasteiger partial charge in [-0.05, 0) is 5.56 Å². The molecule has 1 fully saturated rings. The van der Waals surface area contributed by atoms with Crippen molar-refractivity contribution in [3.8, 4) is 0 Å². The predicted octanol–water partition coefficient (Wildman–Crippen LogP) is 1.19. The number of carboxylic acid groups (broad SMARTS) is 1. The van der Waals surface area contributed by atoms with E-state index in [2.05, 4.69) is 12.1 Å². The van der Waals surface area contributed by atoms with Gasteiger partial charge in [-0.15, -0.1) is 0 Å². The second-order valence-electron chi connectivity index (χ2n) is 4.37. The number of hydrogen-bond acceptors (Lipinski definition) is 3. The quantitative estimate of drug-likeness (QED) is 0.832. The van der Waals surface area contributed by atoms with Gasteiger partial charge < -0.3 is 9.84 Å². The van der Waals surface area contributed by atoms with Crippen molar-refractivity contribution in [1.82, 2.24) is 4.90 Å². The van der Waals surface area contributed by atoms with Crippen LogP contribution in [-0.2, 0) is 9.53 Å². The van der Waals surface area contributed by atoms with Crippen LogP contribution in [0.15, 0.2) is 30.3 Å². The first-order valence-electron chi connectivity index (χ1n) is 5.73. The van der Waals surface area contributed by atoms with E-state index in [1.165, 1.54) is 12.7 Å². The predicted molar refractivity (Wildman–Crippen MR) is 64.1 cm³/mol. The van der Waals surface area contributed by atoms with Crippen molar-refractivity contribution in [3.05, 3.63) is 35.9 Å². The van der Waals surface area contributed by atoms with Crippen molar-refractivity contribution >= 4 is 5.97 Å². The number of carbonyl (C=O) groups is 1. The Morgan fingerprint density at radius 3 is 2.65 bits per heavy atom. The second-order valence-corrected chi connectivity index (χ2v) is 4.37. The van der Waals surface area contributed by atoms with Crippen LogP contribution in [0.3, 0.4) is 0 Å². The van der Waals surface area contributed by atoms with Gasteiger partial charge >= 0.3 is 5.97 Å². The summed E-state index contributed by atoms with van der Waals surface area (Å²) in [7, 11) is 1.53. The van der Waals surface area contributed by atoms with Crippen LogP contribution >= 0.6 is 0 Å². The number of methoxy groups -OCH3 is 1. The molecule has 4 heteroatoms. The molecule has 1 heterocycles. The monoisotopic (exact) mass is 235 g/mol. The molecular weight excluding hydrogens is 218 g/mol. The maximum atomic E-state index is 11.0. The molecule has 0 spiro atoms. The largest absolute Gasteiger partial charge is 0.480 e. The fourth-order valence-corrected chi connectivity index (χ4v) is 2.19. The first kappa shape index (κ1) is 12.1. The van der Waals surface area contributed by atoms with Gasteiger partial charge in [0.2, 0.25) is 0 Å². The van der Waals surface area contributed by atoms with E-state index in [4.69, 9.17) is 9.84 Å². The van der Waals surface area contributed by atoms with E-state index in [9.17, 15) is 4.79 Å². The van der Waals surface area contributed by atoms with Crippen molar-refractivity contribution in [1.29, 1.82) is 0 Å². The Hall–Kier alpha value is -1.39. The number of aliphatic carboxylic acids is 1. The number of likely N-dealkylation sites (tertiary alicyclic amines) is 1. The molecule has 1 aliphatic heterocycles. The van der Waals surface area contributed by atoms with Gasteiger partial charge in [-0.2, -0.15) is 0 Å². The van der Waals surface area contributed by atoms with Gasteiger partial charge in [-0.1, -0.05) is 30.3 Å². The molecule has 0 amide bonds. The molecule has 0 aliphatic carbocycles. The normalized spacial score (nSPS) is 18.6. The zero-order valence-electron chi connectivity index (χ0n) is 9.87. The van der Waals surface area contributed by atoms with Gasteiger partial charge in [-0.25, -0.2) is 0 Å².